The van der Waals surface area contributed by atoms with Gasteiger partial charge in [0.2, 0.25) is 11.9 Å². The van der Waals surface area contributed by atoms with E-state index in [4.69, 9.17) is 16.6 Å². The van der Waals surface area contributed by atoms with Gasteiger partial charge in [-0.2, -0.15) is 4.98 Å². The predicted octanol–water partition coefficient (Wildman–Crippen LogP) is 2.09. The fraction of sp³-hybridized carbons (Fsp3) is 0. The molecule has 0 aliphatic rings. The number of nitrogens with zero attached hydrogens (tertiary/aromatic N) is 3. The molecule has 0 fully saturated rings. The lowest BCUT2D eigenvalue weighted by molar-refractivity contribution is 0.0697. The molecule has 5 N–H and O–H groups in total. The number of nitrogens with two attached hydrogens (primary N) is 2. The maximum Gasteiger partial charge on any atom is 0.336 e. The number of hydrogen-bond acceptors (Lipinski definition) is 6. The van der Waals surface area contributed by atoms with Gasteiger partial charge in [0, 0.05) is 0 Å². The Hall–Kier alpha value is -3.48. The van der Waals surface area contributed by atoms with E-state index in [0.717, 1.165) is 11.1 Å². The number of carboxylic acid groups (broad SMARTS) is 1. The normalized spacial score (nSPS) is 9.57. The zero-order valence-corrected chi connectivity index (χ0v) is 12.1. The highest BCUT2D eigenvalue weighted by Gasteiger charge is 2.09. The van der Waals surface area contributed by atoms with Crippen LogP contribution in [0.25, 0.3) is 11.1 Å². The minimum atomic E-state index is -0.894. The topological polar surface area (TPSA) is 128 Å². The molecule has 0 bridgehead atoms. The summed E-state index contributed by atoms with van der Waals surface area (Å²) in [6.45, 7) is 0. The van der Waals surface area contributed by atoms with E-state index in [1.165, 1.54) is 6.33 Å². The minimum Gasteiger partial charge on any atom is -0.478 e. The van der Waals surface area contributed by atoms with Crippen LogP contribution in [0, 0.1) is 0 Å². The average molecular weight is 309 g/mol. The minimum absolute atomic E-state index is 0.150. The molecule has 0 atom stereocenters. The SMILES string of the molecule is Nc1ncnc(N)n1.O=C(O)c1ccccc1-c1ccccc1. The number of aromatic nitrogens is 3. The molecule has 0 radical (unpaired) electrons. The third-order valence-corrected chi connectivity index (χ3v) is 2.85. The van der Waals surface area contributed by atoms with Gasteiger partial charge in [-0.1, -0.05) is 48.5 Å². The number of carboxylic acids is 1. The number of benzene rings is 2. The molecular weight excluding hydrogens is 294 g/mol. The van der Waals surface area contributed by atoms with Crippen LogP contribution in [-0.2, 0) is 0 Å². The maximum absolute atomic E-state index is 11.0. The molecule has 1 heterocycles. The molecule has 1 aromatic heterocycles. The van der Waals surface area contributed by atoms with E-state index in [0.29, 0.717) is 5.56 Å². The van der Waals surface area contributed by atoms with Crippen LogP contribution in [0.4, 0.5) is 11.9 Å². The van der Waals surface area contributed by atoms with Crippen molar-refractivity contribution in [1.29, 1.82) is 0 Å². The lowest BCUT2D eigenvalue weighted by Crippen LogP contribution is -2.00. The quantitative estimate of drug-likeness (QED) is 0.661. The van der Waals surface area contributed by atoms with Gasteiger partial charge in [-0.3, -0.25) is 0 Å². The van der Waals surface area contributed by atoms with Gasteiger partial charge >= 0.3 is 5.97 Å². The van der Waals surface area contributed by atoms with Crippen molar-refractivity contribution in [2.24, 2.45) is 0 Å². The number of carbonyl (C=O) groups is 1. The Kier molecular flexibility index (Phi) is 5.19. The first-order chi connectivity index (χ1) is 11.1. The molecule has 0 aliphatic carbocycles. The van der Waals surface area contributed by atoms with Crippen molar-refractivity contribution in [3.8, 4) is 11.1 Å². The Morgan fingerprint density at radius 1 is 0.870 bits per heavy atom. The summed E-state index contributed by atoms with van der Waals surface area (Å²) in [7, 11) is 0. The molecule has 0 aliphatic heterocycles. The fourth-order valence-electron chi connectivity index (χ4n) is 1.86. The van der Waals surface area contributed by atoms with Gasteiger partial charge < -0.3 is 16.6 Å². The summed E-state index contributed by atoms with van der Waals surface area (Å²) in [4.78, 5) is 21.5. The molecule has 2 aromatic carbocycles. The Balaban J connectivity index is 0.000000203. The van der Waals surface area contributed by atoms with Crippen LogP contribution in [0.5, 0.6) is 0 Å². The first-order valence-corrected chi connectivity index (χ1v) is 6.65. The Bertz CT molecular complexity index is 776. The zero-order valence-electron chi connectivity index (χ0n) is 12.1. The number of rotatable bonds is 2. The van der Waals surface area contributed by atoms with Gasteiger partial charge in [-0.25, -0.2) is 14.8 Å². The highest BCUT2D eigenvalue weighted by Crippen LogP contribution is 2.22. The number of nitrogen functional groups attached to an aromatic ring is 2. The molecule has 7 nitrogen and oxygen atoms in total. The summed E-state index contributed by atoms with van der Waals surface area (Å²) in [5, 5.41) is 9.03. The van der Waals surface area contributed by atoms with E-state index >= 15 is 0 Å². The van der Waals surface area contributed by atoms with Crippen LogP contribution in [0.2, 0.25) is 0 Å². The Morgan fingerprint density at radius 2 is 1.43 bits per heavy atom. The highest BCUT2D eigenvalue weighted by molar-refractivity contribution is 5.95. The Morgan fingerprint density at radius 3 is 1.96 bits per heavy atom. The van der Waals surface area contributed by atoms with Crippen molar-refractivity contribution in [3.63, 3.8) is 0 Å². The Labute approximate surface area is 132 Å². The highest BCUT2D eigenvalue weighted by atomic mass is 16.4. The first kappa shape index (κ1) is 15.9. The van der Waals surface area contributed by atoms with E-state index in [9.17, 15) is 4.79 Å². The number of aromatic carboxylic acids is 1. The van der Waals surface area contributed by atoms with Crippen LogP contribution in [0.1, 0.15) is 10.4 Å². The first-order valence-electron chi connectivity index (χ1n) is 6.65. The van der Waals surface area contributed by atoms with Gasteiger partial charge in [0.05, 0.1) is 5.56 Å². The molecular formula is C16H15N5O2. The predicted molar refractivity (Wildman–Crippen MR) is 87.5 cm³/mol. The standard InChI is InChI=1S/C13H10O2.C3H5N5/c14-13(15)12-9-5-4-8-11(12)10-6-2-1-3-7-10;4-2-6-1-7-3(5)8-2/h1-9H,(H,14,15);1H,(H4,4,5,6,7,8). The second kappa shape index (κ2) is 7.51. The van der Waals surface area contributed by atoms with E-state index in [2.05, 4.69) is 15.0 Å². The van der Waals surface area contributed by atoms with E-state index < -0.39 is 5.97 Å². The number of anilines is 2. The summed E-state index contributed by atoms with van der Waals surface area (Å²) < 4.78 is 0. The fourth-order valence-corrected chi connectivity index (χ4v) is 1.86. The van der Waals surface area contributed by atoms with Gasteiger partial charge in [0.1, 0.15) is 6.33 Å². The molecule has 3 rings (SSSR count). The van der Waals surface area contributed by atoms with E-state index in [1.807, 2.05) is 42.5 Å². The summed E-state index contributed by atoms with van der Waals surface area (Å²) >= 11 is 0. The van der Waals surface area contributed by atoms with Gasteiger partial charge in [0.15, 0.2) is 0 Å². The van der Waals surface area contributed by atoms with Gasteiger partial charge in [0.25, 0.3) is 0 Å². The second-order valence-corrected chi connectivity index (χ2v) is 4.42. The van der Waals surface area contributed by atoms with Crippen LogP contribution in [-0.4, -0.2) is 26.0 Å². The summed E-state index contributed by atoms with van der Waals surface area (Å²) in [5.74, 6) is -0.593. The summed E-state index contributed by atoms with van der Waals surface area (Å²) in [6, 6.07) is 16.5. The molecule has 0 unspecified atom stereocenters. The monoisotopic (exact) mass is 309 g/mol. The van der Waals surface area contributed by atoms with Crippen molar-refractivity contribution in [1.82, 2.24) is 15.0 Å². The molecule has 3 aromatic rings. The van der Waals surface area contributed by atoms with E-state index in [1.54, 1.807) is 12.1 Å². The third-order valence-electron chi connectivity index (χ3n) is 2.85. The van der Waals surface area contributed by atoms with Crippen molar-refractivity contribution in [2.75, 3.05) is 11.5 Å². The lowest BCUT2D eigenvalue weighted by atomic mass is 10.00. The third kappa shape index (κ3) is 4.50. The van der Waals surface area contributed by atoms with Gasteiger partial charge in [-0.15, -0.1) is 0 Å². The zero-order chi connectivity index (χ0) is 16.7. The van der Waals surface area contributed by atoms with Crippen molar-refractivity contribution in [2.45, 2.75) is 0 Å². The molecule has 0 saturated heterocycles. The van der Waals surface area contributed by atoms with Crippen LogP contribution in [0.3, 0.4) is 0 Å². The number of hydrogen-bond donors (Lipinski definition) is 3. The molecule has 23 heavy (non-hydrogen) atoms. The maximum atomic E-state index is 11.0. The molecule has 7 heteroatoms. The molecule has 0 saturated carbocycles. The van der Waals surface area contributed by atoms with E-state index in [-0.39, 0.29) is 11.9 Å². The van der Waals surface area contributed by atoms with Crippen LogP contribution >= 0.6 is 0 Å². The summed E-state index contributed by atoms with van der Waals surface area (Å²) in [6.07, 6.45) is 1.26. The van der Waals surface area contributed by atoms with Crippen molar-refractivity contribution < 1.29 is 9.90 Å². The molecule has 116 valence electrons. The largest absolute Gasteiger partial charge is 0.478 e. The van der Waals surface area contributed by atoms with Crippen LogP contribution < -0.4 is 11.5 Å². The molecule has 0 amide bonds. The van der Waals surface area contributed by atoms with Crippen LogP contribution in [0.15, 0.2) is 60.9 Å². The van der Waals surface area contributed by atoms with Crippen molar-refractivity contribution >= 4 is 17.9 Å². The van der Waals surface area contributed by atoms with Gasteiger partial charge in [-0.05, 0) is 17.2 Å². The lowest BCUT2D eigenvalue weighted by Gasteiger charge is -2.05. The average Bonchev–Trinajstić information content (AvgIpc) is 2.56. The molecule has 0 spiro atoms. The smallest absolute Gasteiger partial charge is 0.336 e. The second-order valence-electron chi connectivity index (χ2n) is 4.42. The summed E-state index contributed by atoms with van der Waals surface area (Å²) in [5.41, 5.74) is 12.3. The van der Waals surface area contributed by atoms with Crippen molar-refractivity contribution in [3.05, 3.63) is 66.5 Å².